The summed E-state index contributed by atoms with van der Waals surface area (Å²) < 4.78 is 0. The van der Waals surface area contributed by atoms with Crippen LogP contribution in [0.3, 0.4) is 0 Å². The predicted molar refractivity (Wildman–Crippen MR) is 73.6 cm³/mol. The maximum atomic E-state index is 5.97. The lowest BCUT2D eigenvalue weighted by Crippen LogP contribution is -2.35. The van der Waals surface area contributed by atoms with Crippen molar-refractivity contribution in [2.45, 2.75) is 44.5 Å². The zero-order chi connectivity index (χ0) is 12.3. The predicted octanol–water partition coefficient (Wildman–Crippen LogP) is 3.84. The highest BCUT2D eigenvalue weighted by molar-refractivity contribution is 6.17. The SMILES string of the molecule is CC1CCC(N(C)c2ncccc2CCl)CC1. The van der Waals surface area contributed by atoms with Gasteiger partial charge in [-0.25, -0.2) is 4.98 Å². The van der Waals surface area contributed by atoms with Gasteiger partial charge in [-0.15, -0.1) is 11.6 Å². The maximum absolute atomic E-state index is 5.97. The molecule has 1 aromatic heterocycles. The number of aromatic nitrogens is 1. The van der Waals surface area contributed by atoms with E-state index >= 15 is 0 Å². The average molecular weight is 253 g/mol. The van der Waals surface area contributed by atoms with E-state index in [9.17, 15) is 0 Å². The van der Waals surface area contributed by atoms with Crippen molar-refractivity contribution in [3.8, 4) is 0 Å². The number of halogens is 1. The first kappa shape index (κ1) is 12.7. The fraction of sp³-hybridized carbons (Fsp3) is 0.643. The van der Waals surface area contributed by atoms with Crippen LogP contribution in [0.25, 0.3) is 0 Å². The molecular weight excluding hydrogens is 232 g/mol. The summed E-state index contributed by atoms with van der Waals surface area (Å²) >= 11 is 5.97. The third kappa shape index (κ3) is 2.92. The second-order valence-corrected chi connectivity index (χ2v) is 5.41. The van der Waals surface area contributed by atoms with Gasteiger partial charge in [0.15, 0.2) is 0 Å². The first-order chi connectivity index (χ1) is 8.22. The molecule has 0 amide bonds. The summed E-state index contributed by atoms with van der Waals surface area (Å²) in [4.78, 5) is 6.81. The molecule has 1 aromatic rings. The highest BCUT2D eigenvalue weighted by Gasteiger charge is 2.23. The molecule has 0 bridgehead atoms. The summed E-state index contributed by atoms with van der Waals surface area (Å²) in [6.07, 6.45) is 7.06. The zero-order valence-corrected chi connectivity index (χ0v) is 11.5. The van der Waals surface area contributed by atoms with Gasteiger partial charge in [0.1, 0.15) is 5.82 Å². The van der Waals surface area contributed by atoms with Gasteiger partial charge in [0.25, 0.3) is 0 Å². The minimum atomic E-state index is 0.538. The molecule has 0 unspecified atom stereocenters. The minimum absolute atomic E-state index is 0.538. The first-order valence-corrected chi connectivity index (χ1v) is 6.98. The van der Waals surface area contributed by atoms with Crippen LogP contribution in [0.2, 0.25) is 0 Å². The topological polar surface area (TPSA) is 16.1 Å². The van der Waals surface area contributed by atoms with Crippen LogP contribution < -0.4 is 4.90 Å². The molecule has 0 aliphatic heterocycles. The Bertz CT molecular complexity index is 359. The highest BCUT2D eigenvalue weighted by atomic mass is 35.5. The number of hydrogen-bond acceptors (Lipinski definition) is 2. The van der Waals surface area contributed by atoms with Crippen LogP contribution in [-0.2, 0) is 5.88 Å². The lowest BCUT2D eigenvalue weighted by atomic mass is 9.86. The second kappa shape index (κ2) is 5.72. The van der Waals surface area contributed by atoms with E-state index in [2.05, 4.69) is 29.9 Å². The van der Waals surface area contributed by atoms with E-state index in [1.165, 1.54) is 25.7 Å². The summed E-state index contributed by atoms with van der Waals surface area (Å²) in [5.74, 6) is 2.48. The van der Waals surface area contributed by atoms with Gasteiger partial charge >= 0.3 is 0 Å². The Balaban J connectivity index is 2.10. The van der Waals surface area contributed by atoms with E-state index in [4.69, 9.17) is 11.6 Å². The van der Waals surface area contributed by atoms with Crippen LogP contribution in [0.15, 0.2) is 18.3 Å². The smallest absolute Gasteiger partial charge is 0.132 e. The minimum Gasteiger partial charge on any atom is -0.356 e. The lowest BCUT2D eigenvalue weighted by molar-refractivity contribution is 0.340. The van der Waals surface area contributed by atoms with Crippen LogP contribution in [0.5, 0.6) is 0 Å². The number of pyridine rings is 1. The Labute approximate surface area is 109 Å². The Kier molecular flexibility index (Phi) is 4.27. The van der Waals surface area contributed by atoms with Gasteiger partial charge in [-0.2, -0.15) is 0 Å². The van der Waals surface area contributed by atoms with E-state index in [1.54, 1.807) is 0 Å². The molecule has 0 radical (unpaired) electrons. The molecule has 17 heavy (non-hydrogen) atoms. The first-order valence-electron chi connectivity index (χ1n) is 6.45. The molecule has 1 saturated carbocycles. The van der Waals surface area contributed by atoms with E-state index in [0.29, 0.717) is 11.9 Å². The molecule has 0 saturated heterocycles. The van der Waals surface area contributed by atoms with E-state index in [0.717, 1.165) is 17.3 Å². The third-order valence-corrected chi connectivity index (χ3v) is 4.17. The van der Waals surface area contributed by atoms with Gasteiger partial charge in [0.05, 0.1) is 5.88 Å². The fourth-order valence-electron chi connectivity index (χ4n) is 2.65. The van der Waals surface area contributed by atoms with Crippen LogP contribution in [0, 0.1) is 5.92 Å². The molecule has 3 heteroatoms. The summed E-state index contributed by atoms with van der Waals surface area (Å²) in [5.41, 5.74) is 1.13. The lowest BCUT2D eigenvalue weighted by Gasteiger charge is -2.35. The third-order valence-electron chi connectivity index (χ3n) is 3.88. The summed E-state index contributed by atoms with van der Waals surface area (Å²) in [5, 5.41) is 0. The van der Waals surface area contributed by atoms with Crippen LogP contribution >= 0.6 is 11.6 Å². The average Bonchev–Trinajstić information content (AvgIpc) is 2.39. The summed E-state index contributed by atoms with van der Waals surface area (Å²) in [6, 6.07) is 4.65. The fourth-order valence-corrected chi connectivity index (χ4v) is 2.86. The van der Waals surface area contributed by atoms with Crippen molar-refractivity contribution in [2.75, 3.05) is 11.9 Å². The molecule has 0 aromatic carbocycles. The Morgan fingerprint density at radius 1 is 1.35 bits per heavy atom. The Hall–Kier alpha value is -0.760. The Morgan fingerprint density at radius 2 is 2.06 bits per heavy atom. The molecule has 94 valence electrons. The van der Waals surface area contributed by atoms with Crippen molar-refractivity contribution in [3.05, 3.63) is 23.9 Å². The van der Waals surface area contributed by atoms with Crippen molar-refractivity contribution >= 4 is 17.4 Å². The number of anilines is 1. The maximum Gasteiger partial charge on any atom is 0.132 e. The van der Waals surface area contributed by atoms with Gasteiger partial charge in [0.2, 0.25) is 0 Å². The summed E-state index contributed by atoms with van der Waals surface area (Å²) in [6.45, 7) is 2.35. The molecule has 0 atom stereocenters. The van der Waals surface area contributed by atoms with Gasteiger partial charge in [-0.05, 0) is 37.7 Å². The van der Waals surface area contributed by atoms with Crippen molar-refractivity contribution in [1.29, 1.82) is 0 Å². The molecule has 1 heterocycles. The summed E-state index contributed by atoms with van der Waals surface area (Å²) in [7, 11) is 2.15. The normalized spacial score (nSPS) is 24.6. The van der Waals surface area contributed by atoms with Crippen molar-refractivity contribution in [3.63, 3.8) is 0 Å². The van der Waals surface area contributed by atoms with Gasteiger partial charge in [-0.1, -0.05) is 13.0 Å². The highest BCUT2D eigenvalue weighted by Crippen LogP contribution is 2.30. The number of nitrogens with zero attached hydrogens (tertiary/aromatic N) is 2. The van der Waals surface area contributed by atoms with Crippen molar-refractivity contribution in [1.82, 2.24) is 4.98 Å². The quantitative estimate of drug-likeness (QED) is 0.760. The standard InChI is InChI=1S/C14H21ClN2/c1-11-5-7-13(8-6-11)17(2)14-12(10-15)4-3-9-16-14/h3-4,9,11,13H,5-8,10H2,1-2H3. The second-order valence-electron chi connectivity index (χ2n) is 5.14. The Morgan fingerprint density at radius 3 is 2.71 bits per heavy atom. The number of hydrogen-bond donors (Lipinski definition) is 0. The van der Waals surface area contributed by atoms with Gasteiger partial charge in [-0.3, -0.25) is 0 Å². The van der Waals surface area contributed by atoms with Gasteiger partial charge in [0, 0.05) is 24.8 Å². The van der Waals surface area contributed by atoms with E-state index in [-0.39, 0.29) is 0 Å². The molecule has 2 nitrogen and oxygen atoms in total. The molecule has 2 rings (SSSR count). The van der Waals surface area contributed by atoms with Crippen LogP contribution in [0.4, 0.5) is 5.82 Å². The van der Waals surface area contributed by atoms with Crippen molar-refractivity contribution < 1.29 is 0 Å². The molecule has 0 spiro atoms. The molecule has 0 N–H and O–H groups in total. The molecule has 1 fully saturated rings. The number of alkyl halides is 1. The molecule has 1 aliphatic carbocycles. The zero-order valence-electron chi connectivity index (χ0n) is 10.7. The van der Waals surface area contributed by atoms with E-state index < -0.39 is 0 Å². The largest absolute Gasteiger partial charge is 0.356 e. The van der Waals surface area contributed by atoms with Crippen LogP contribution in [-0.4, -0.2) is 18.1 Å². The molecule has 1 aliphatic rings. The van der Waals surface area contributed by atoms with E-state index in [1.807, 2.05) is 12.3 Å². The number of rotatable bonds is 3. The monoisotopic (exact) mass is 252 g/mol. The van der Waals surface area contributed by atoms with Crippen molar-refractivity contribution in [2.24, 2.45) is 5.92 Å². The van der Waals surface area contributed by atoms with Gasteiger partial charge < -0.3 is 4.90 Å². The molecular formula is C14H21ClN2. The van der Waals surface area contributed by atoms with Crippen LogP contribution in [0.1, 0.15) is 38.2 Å².